The lowest BCUT2D eigenvalue weighted by atomic mass is 10.0. The summed E-state index contributed by atoms with van der Waals surface area (Å²) in [6.45, 7) is 6.65. The standard InChI is InChI=1S/C22H28N2O3/c1-5-12-24(22(26)14-18-11-10-16(2)17(3)13-18)15-21(25)23-19-8-6-7-9-20(19)27-4/h6-11,13H,5,12,14-15H2,1-4H3,(H,23,25). The molecule has 0 aliphatic carbocycles. The van der Waals surface area contributed by atoms with Crippen LogP contribution in [0.4, 0.5) is 5.69 Å². The summed E-state index contributed by atoms with van der Waals surface area (Å²) in [7, 11) is 1.56. The van der Waals surface area contributed by atoms with E-state index < -0.39 is 0 Å². The molecule has 2 rings (SSSR count). The van der Waals surface area contributed by atoms with Gasteiger partial charge in [0.25, 0.3) is 0 Å². The summed E-state index contributed by atoms with van der Waals surface area (Å²) in [4.78, 5) is 26.8. The van der Waals surface area contributed by atoms with Crippen molar-refractivity contribution in [3.8, 4) is 5.75 Å². The van der Waals surface area contributed by atoms with Crippen molar-refractivity contribution in [2.45, 2.75) is 33.6 Å². The molecule has 0 bridgehead atoms. The molecule has 0 radical (unpaired) electrons. The van der Waals surface area contributed by atoms with Crippen molar-refractivity contribution in [3.05, 3.63) is 59.2 Å². The number of rotatable bonds is 8. The molecule has 0 spiro atoms. The van der Waals surface area contributed by atoms with Gasteiger partial charge >= 0.3 is 0 Å². The van der Waals surface area contributed by atoms with Crippen molar-refractivity contribution in [2.75, 3.05) is 25.5 Å². The Morgan fingerprint density at radius 2 is 1.81 bits per heavy atom. The summed E-state index contributed by atoms with van der Waals surface area (Å²) in [5.41, 5.74) is 3.93. The first-order valence-corrected chi connectivity index (χ1v) is 9.21. The fourth-order valence-corrected chi connectivity index (χ4v) is 2.87. The van der Waals surface area contributed by atoms with Gasteiger partial charge in [-0.05, 0) is 49.1 Å². The number of anilines is 1. The highest BCUT2D eigenvalue weighted by Crippen LogP contribution is 2.22. The van der Waals surface area contributed by atoms with Crippen LogP contribution in [0.2, 0.25) is 0 Å². The number of hydrogen-bond donors (Lipinski definition) is 1. The highest BCUT2D eigenvalue weighted by Gasteiger charge is 2.18. The van der Waals surface area contributed by atoms with Gasteiger partial charge in [0.05, 0.1) is 25.8 Å². The maximum atomic E-state index is 12.7. The van der Waals surface area contributed by atoms with E-state index in [1.807, 2.05) is 51.1 Å². The topological polar surface area (TPSA) is 58.6 Å². The van der Waals surface area contributed by atoms with E-state index in [9.17, 15) is 9.59 Å². The number of carbonyl (C=O) groups excluding carboxylic acids is 2. The zero-order chi connectivity index (χ0) is 19.8. The van der Waals surface area contributed by atoms with Crippen molar-refractivity contribution in [3.63, 3.8) is 0 Å². The van der Waals surface area contributed by atoms with Crippen LogP contribution in [0.25, 0.3) is 0 Å². The number of nitrogens with zero attached hydrogens (tertiary/aromatic N) is 1. The molecule has 0 heterocycles. The smallest absolute Gasteiger partial charge is 0.244 e. The zero-order valence-electron chi connectivity index (χ0n) is 16.5. The molecule has 2 aromatic carbocycles. The van der Waals surface area contributed by atoms with Crippen molar-refractivity contribution >= 4 is 17.5 Å². The van der Waals surface area contributed by atoms with Crippen LogP contribution in [-0.2, 0) is 16.0 Å². The first-order valence-electron chi connectivity index (χ1n) is 9.21. The zero-order valence-corrected chi connectivity index (χ0v) is 16.5. The molecule has 0 aromatic heterocycles. The second-order valence-electron chi connectivity index (χ2n) is 6.66. The van der Waals surface area contributed by atoms with Gasteiger partial charge in [0.2, 0.25) is 11.8 Å². The third-order valence-electron chi connectivity index (χ3n) is 4.49. The molecule has 0 aliphatic heterocycles. The molecule has 0 fully saturated rings. The average molecular weight is 368 g/mol. The molecule has 27 heavy (non-hydrogen) atoms. The predicted molar refractivity (Wildman–Crippen MR) is 108 cm³/mol. The van der Waals surface area contributed by atoms with Crippen molar-refractivity contribution in [2.24, 2.45) is 0 Å². The SMILES string of the molecule is CCCN(CC(=O)Nc1ccccc1OC)C(=O)Cc1ccc(C)c(C)c1. The molecular formula is C22H28N2O3. The molecule has 5 nitrogen and oxygen atoms in total. The van der Waals surface area contributed by atoms with E-state index in [2.05, 4.69) is 5.32 Å². The number of aryl methyl sites for hydroxylation is 2. The lowest BCUT2D eigenvalue weighted by Crippen LogP contribution is -2.39. The molecule has 5 heteroatoms. The number of amides is 2. The monoisotopic (exact) mass is 368 g/mol. The Hall–Kier alpha value is -2.82. The van der Waals surface area contributed by atoms with Crippen LogP contribution in [0.3, 0.4) is 0 Å². The van der Waals surface area contributed by atoms with Gasteiger partial charge in [0.15, 0.2) is 0 Å². The molecule has 2 amide bonds. The maximum absolute atomic E-state index is 12.7. The number of nitrogens with one attached hydrogen (secondary N) is 1. The Morgan fingerprint density at radius 3 is 2.48 bits per heavy atom. The first-order chi connectivity index (χ1) is 12.9. The number of methoxy groups -OCH3 is 1. The quantitative estimate of drug-likeness (QED) is 0.772. The molecule has 0 atom stereocenters. The lowest BCUT2D eigenvalue weighted by Gasteiger charge is -2.22. The van der Waals surface area contributed by atoms with Crippen LogP contribution in [-0.4, -0.2) is 36.9 Å². The van der Waals surface area contributed by atoms with E-state index in [0.717, 1.165) is 17.5 Å². The summed E-state index contributed by atoms with van der Waals surface area (Å²) in [6.07, 6.45) is 1.09. The molecule has 1 N–H and O–H groups in total. The van der Waals surface area contributed by atoms with E-state index in [4.69, 9.17) is 4.74 Å². The molecular weight excluding hydrogens is 340 g/mol. The third-order valence-corrected chi connectivity index (χ3v) is 4.49. The Kier molecular flexibility index (Phi) is 7.41. The molecule has 0 unspecified atom stereocenters. The van der Waals surface area contributed by atoms with Gasteiger partial charge < -0.3 is 15.0 Å². The van der Waals surface area contributed by atoms with Crippen LogP contribution in [0.5, 0.6) is 5.75 Å². The fraction of sp³-hybridized carbons (Fsp3) is 0.364. The normalized spacial score (nSPS) is 10.4. The van der Waals surface area contributed by atoms with Crippen LogP contribution in [0.15, 0.2) is 42.5 Å². The van der Waals surface area contributed by atoms with Crippen LogP contribution in [0, 0.1) is 13.8 Å². The second-order valence-corrected chi connectivity index (χ2v) is 6.66. The van der Waals surface area contributed by atoms with Crippen LogP contribution in [0.1, 0.15) is 30.0 Å². The van der Waals surface area contributed by atoms with Crippen molar-refractivity contribution in [1.29, 1.82) is 0 Å². The summed E-state index contributed by atoms with van der Waals surface area (Å²) < 4.78 is 5.25. The van der Waals surface area contributed by atoms with E-state index >= 15 is 0 Å². The van der Waals surface area contributed by atoms with Gasteiger partial charge in [-0.2, -0.15) is 0 Å². The number of ether oxygens (including phenoxy) is 1. The summed E-state index contributed by atoms with van der Waals surface area (Å²) in [5.74, 6) is 0.311. The van der Waals surface area contributed by atoms with E-state index in [1.54, 1.807) is 24.1 Å². The van der Waals surface area contributed by atoms with Crippen LogP contribution < -0.4 is 10.1 Å². The Bertz CT molecular complexity index is 802. The number of carbonyl (C=O) groups is 2. The fourth-order valence-electron chi connectivity index (χ4n) is 2.87. The molecule has 144 valence electrons. The highest BCUT2D eigenvalue weighted by atomic mass is 16.5. The summed E-state index contributed by atoms with van der Waals surface area (Å²) in [6, 6.07) is 13.3. The van der Waals surface area contributed by atoms with Gasteiger partial charge in [-0.15, -0.1) is 0 Å². The largest absolute Gasteiger partial charge is 0.495 e. The predicted octanol–water partition coefficient (Wildman–Crippen LogP) is 3.73. The van der Waals surface area contributed by atoms with Gasteiger partial charge in [-0.3, -0.25) is 9.59 Å². The highest BCUT2D eigenvalue weighted by molar-refractivity contribution is 5.95. The number of hydrogen-bond acceptors (Lipinski definition) is 3. The summed E-state index contributed by atoms with van der Waals surface area (Å²) in [5, 5.41) is 2.83. The minimum Gasteiger partial charge on any atom is -0.495 e. The summed E-state index contributed by atoms with van der Waals surface area (Å²) >= 11 is 0. The van der Waals surface area contributed by atoms with Gasteiger partial charge in [0.1, 0.15) is 5.75 Å². The van der Waals surface area contributed by atoms with Crippen molar-refractivity contribution in [1.82, 2.24) is 4.90 Å². The minimum absolute atomic E-state index is 0.0234. The van der Waals surface area contributed by atoms with Gasteiger partial charge in [0, 0.05) is 6.54 Å². The Morgan fingerprint density at radius 1 is 1.07 bits per heavy atom. The van der Waals surface area contributed by atoms with Gasteiger partial charge in [-0.25, -0.2) is 0 Å². The van der Waals surface area contributed by atoms with Crippen molar-refractivity contribution < 1.29 is 14.3 Å². The Balaban J connectivity index is 2.03. The Labute approximate surface area is 161 Å². The second kappa shape index (κ2) is 9.76. The van der Waals surface area contributed by atoms with Crippen LogP contribution >= 0.6 is 0 Å². The number of benzene rings is 2. The third kappa shape index (κ3) is 5.84. The molecule has 0 aliphatic rings. The first kappa shape index (κ1) is 20.5. The molecule has 2 aromatic rings. The van der Waals surface area contributed by atoms with E-state index in [0.29, 0.717) is 24.4 Å². The minimum atomic E-state index is -0.235. The maximum Gasteiger partial charge on any atom is 0.244 e. The average Bonchev–Trinajstić information content (AvgIpc) is 2.64. The van der Waals surface area contributed by atoms with Gasteiger partial charge in [-0.1, -0.05) is 37.3 Å². The lowest BCUT2D eigenvalue weighted by molar-refractivity contribution is -0.134. The number of para-hydroxylation sites is 2. The molecule has 0 saturated carbocycles. The van der Waals surface area contributed by atoms with E-state index in [-0.39, 0.29) is 18.4 Å². The molecule has 0 saturated heterocycles. The van der Waals surface area contributed by atoms with E-state index in [1.165, 1.54) is 5.56 Å².